The molecule has 0 aliphatic heterocycles. The van der Waals surface area contributed by atoms with E-state index in [1.54, 1.807) is 6.20 Å². The zero-order valence-electron chi connectivity index (χ0n) is 10.9. The molecule has 0 unspecified atom stereocenters. The number of urea groups is 1. The van der Waals surface area contributed by atoms with Gasteiger partial charge in [-0.25, -0.2) is 9.78 Å². The number of rotatable bonds is 6. The molecule has 0 aromatic carbocycles. The van der Waals surface area contributed by atoms with E-state index in [1.165, 1.54) is 22.7 Å². The highest BCUT2D eigenvalue weighted by Crippen LogP contribution is 2.18. The van der Waals surface area contributed by atoms with E-state index in [-0.39, 0.29) is 6.03 Å². The number of hydrogen-bond acceptors (Lipinski definition) is 6. The second-order valence-electron chi connectivity index (χ2n) is 3.99. The number of aryl methyl sites for hydroxylation is 1. The summed E-state index contributed by atoms with van der Waals surface area (Å²) in [6, 6.07) is -0.312. The monoisotopic (exact) mass is 331 g/mol. The maximum atomic E-state index is 11.7. The van der Waals surface area contributed by atoms with Gasteiger partial charge in [-0.05, 0) is 6.42 Å². The third-order valence-electron chi connectivity index (χ3n) is 2.38. The van der Waals surface area contributed by atoms with Gasteiger partial charge in [0.05, 0.1) is 6.54 Å². The van der Waals surface area contributed by atoms with Crippen LogP contribution in [0.15, 0.2) is 6.20 Å². The van der Waals surface area contributed by atoms with Crippen LogP contribution in [0.2, 0.25) is 4.47 Å². The van der Waals surface area contributed by atoms with E-state index in [1.807, 2.05) is 0 Å². The van der Waals surface area contributed by atoms with E-state index in [9.17, 15) is 4.79 Å². The molecule has 2 aromatic heterocycles. The van der Waals surface area contributed by atoms with Crippen LogP contribution < -0.4 is 10.6 Å². The fraction of sp³-hybridized carbons (Fsp3) is 0.455. The van der Waals surface area contributed by atoms with Crippen LogP contribution in [0, 0.1) is 0 Å². The molecule has 2 aromatic rings. The molecule has 0 saturated carbocycles. The number of anilines is 1. The summed E-state index contributed by atoms with van der Waals surface area (Å²) in [7, 11) is 0. The lowest BCUT2D eigenvalue weighted by atomic mass is 10.3. The Balaban J connectivity index is 1.77. The van der Waals surface area contributed by atoms with Crippen LogP contribution in [0.5, 0.6) is 0 Å². The van der Waals surface area contributed by atoms with Crippen LogP contribution in [0.1, 0.15) is 29.7 Å². The predicted octanol–water partition coefficient (Wildman–Crippen LogP) is 3.31. The molecule has 9 heteroatoms. The number of nitrogens with zero attached hydrogens (tertiary/aromatic N) is 3. The summed E-state index contributed by atoms with van der Waals surface area (Å²) in [5.41, 5.74) is 0. The van der Waals surface area contributed by atoms with Gasteiger partial charge in [-0.15, -0.1) is 21.5 Å². The second kappa shape index (κ2) is 7.51. The van der Waals surface area contributed by atoms with E-state index in [4.69, 9.17) is 11.6 Å². The molecule has 2 rings (SSSR count). The smallest absolute Gasteiger partial charge is 0.321 e. The van der Waals surface area contributed by atoms with Crippen molar-refractivity contribution in [1.82, 2.24) is 20.5 Å². The molecule has 0 spiro atoms. The lowest BCUT2D eigenvalue weighted by molar-refractivity contribution is 0.252. The van der Waals surface area contributed by atoms with E-state index in [2.05, 4.69) is 32.7 Å². The molecule has 0 radical (unpaired) electrons. The molecule has 0 saturated heterocycles. The van der Waals surface area contributed by atoms with Gasteiger partial charge >= 0.3 is 6.03 Å². The van der Waals surface area contributed by atoms with Gasteiger partial charge in [-0.2, -0.15) is 0 Å². The van der Waals surface area contributed by atoms with Crippen molar-refractivity contribution in [2.75, 3.05) is 5.32 Å². The topological polar surface area (TPSA) is 79.8 Å². The minimum Gasteiger partial charge on any atom is -0.333 e. The highest BCUT2D eigenvalue weighted by molar-refractivity contribution is 7.15. The Hall–Kier alpha value is -1.25. The maximum Gasteiger partial charge on any atom is 0.321 e. The number of thiazole rings is 1. The van der Waals surface area contributed by atoms with Gasteiger partial charge in [0.1, 0.15) is 5.01 Å². The van der Waals surface area contributed by atoms with Crippen molar-refractivity contribution in [3.05, 3.63) is 20.5 Å². The molecule has 2 heterocycles. The van der Waals surface area contributed by atoms with Gasteiger partial charge in [0.2, 0.25) is 5.13 Å². The number of carbonyl (C=O) groups excluding carboxylic acids is 1. The zero-order valence-corrected chi connectivity index (χ0v) is 13.2. The number of carbonyl (C=O) groups is 1. The number of amides is 2. The van der Waals surface area contributed by atoms with Gasteiger partial charge in [-0.3, -0.25) is 5.32 Å². The summed E-state index contributed by atoms with van der Waals surface area (Å²) in [6.07, 6.45) is 4.73. The molecule has 2 amide bonds. The van der Waals surface area contributed by atoms with Gasteiger partial charge in [-0.1, -0.05) is 36.3 Å². The van der Waals surface area contributed by atoms with Gasteiger partial charge < -0.3 is 5.32 Å². The predicted molar refractivity (Wildman–Crippen MR) is 81.5 cm³/mol. The van der Waals surface area contributed by atoms with E-state index < -0.39 is 0 Å². The molecule has 0 aliphatic carbocycles. The van der Waals surface area contributed by atoms with Crippen molar-refractivity contribution >= 4 is 45.4 Å². The number of halogens is 1. The quantitative estimate of drug-likeness (QED) is 0.851. The molecular weight excluding hydrogens is 318 g/mol. The van der Waals surface area contributed by atoms with Gasteiger partial charge in [0.25, 0.3) is 0 Å². The molecule has 6 nitrogen and oxygen atoms in total. The zero-order chi connectivity index (χ0) is 14.4. The summed E-state index contributed by atoms with van der Waals surface area (Å²) in [4.78, 5) is 16.5. The lowest BCUT2D eigenvalue weighted by Gasteiger charge is -2.02. The standard InChI is InChI=1S/C11H14ClN5OS2/c1-2-3-4-8-16-17-11(20-8)15-10(18)14-6-7-5-13-9(12)19-7/h5H,2-4,6H2,1H3,(H2,14,15,17,18). The van der Waals surface area contributed by atoms with Crippen molar-refractivity contribution in [3.8, 4) is 0 Å². The number of unbranched alkanes of at least 4 members (excludes halogenated alkanes) is 1. The molecule has 2 N–H and O–H groups in total. The van der Waals surface area contributed by atoms with E-state index in [0.29, 0.717) is 16.1 Å². The summed E-state index contributed by atoms with van der Waals surface area (Å²) >= 11 is 8.45. The van der Waals surface area contributed by atoms with Gasteiger partial charge in [0, 0.05) is 17.5 Å². The Labute approximate surface area is 129 Å². The highest BCUT2D eigenvalue weighted by atomic mass is 35.5. The highest BCUT2D eigenvalue weighted by Gasteiger charge is 2.08. The van der Waals surface area contributed by atoms with Crippen LogP contribution in [0.4, 0.5) is 9.93 Å². The van der Waals surface area contributed by atoms with Crippen LogP contribution in [-0.2, 0) is 13.0 Å². The Morgan fingerprint density at radius 3 is 2.95 bits per heavy atom. The summed E-state index contributed by atoms with van der Waals surface area (Å²) in [6.45, 7) is 2.51. The third kappa shape index (κ3) is 4.69. The molecule has 0 atom stereocenters. The first kappa shape index (κ1) is 15.1. The van der Waals surface area contributed by atoms with Crippen molar-refractivity contribution in [2.24, 2.45) is 0 Å². The first-order valence-corrected chi connectivity index (χ1v) is 8.16. The number of hydrogen-bond donors (Lipinski definition) is 2. The summed E-state index contributed by atoms with van der Waals surface area (Å²) in [5.74, 6) is 0. The largest absolute Gasteiger partial charge is 0.333 e. The third-order valence-corrected chi connectivity index (χ3v) is 4.39. The fourth-order valence-electron chi connectivity index (χ4n) is 1.41. The number of aromatic nitrogens is 3. The first-order valence-electron chi connectivity index (χ1n) is 6.15. The Bertz CT molecular complexity index is 571. The van der Waals surface area contributed by atoms with Crippen LogP contribution in [0.3, 0.4) is 0 Å². The molecular formula is C11H14ClN5OS2. The molecule has 0 aliphatic rings. The normalized spacial score (nSPS) is 10.5. The average molecular weight is 332 g/mol. The molecule has 0 bridgehead atoms. The summed E-state index contributed by atoms with van der Waals surface area (Å²) in [5, 5.41) is 14.8. The van der Waals surface area contributed by atoms with Crippen LogP contribution >= 0.6 is 34.3 Å². The number of nitrogens with one attached hydrogen (secondary N) is 2. The fourth-order valence-corrected chi connectivity index (χ4v) is 3.10. The Morgan fingerprint density at radius 1 is 1.40 bits per heavy atom. The van der Waals surface area contributed by atoms with E-state index >= 15 is 0 Å². The molecule has 108 valence electrons. The van der Waals surface area contributed by atoms with E-state index in [0.717, 1.165) is 29.1 Å². The Morgan fingerprint density at radius 2 is 2.25 bits per heavy atom. The average Bonchev–Trinajstić information content (AvgIpc) is 3.03. The summed E-state index contributed by atoms with van der Waals surface area (Å²) < 4.78 is 0.465. The first-order chi connectivity index (χ1) is 9.67. The minimum absolute atomic E-state index is 0.312. The molecule has 0 fully saturated rings. The van der Waals surface area contributed by atoms with Crippen molar-refractivity contribution < 1.29 is 4.79 Å². The second-order valence-corrected chi connectivity index (χ2v) is 6.75. The Kier molecular flexibility index (Phi) is 5.69. The van der Waals surface area contributed by atoms with Crippen molar-refractivity contribution in [3.63, 3.8) is 0 Å². The lowest BCUT2D eigenvalue weighted by Crippen LogP contribution is -2.27. The van der Waals surface area contributed by atoms with Crippen molar-refractivity contribution in [2.45, 2.75) is 32.7 Å². The van der Waals surface area contributed by atoms with Gasteiger partial charge in [0.15, 0.2) is 4.47 Å². The van der Waals surface area contributed by atoms with Crippen molar-refractivity contribution in [1.29, 1.82) is 0 Å². The SMILES string of the molecule is CCCCc1nnc(NC(=O)NCc2cnc(Cl)s2)s1. The minimum atomic E-state index is -0.312. The van der Waals surface area contributed by atoms with Crippen LogP contribution in [0.25, 0.3) is 0 Å². The molecule has 20 heavy (non-hydrogen) atoms. The maximum absolute atomic E-state index is 11.7. The van der Waals surface area contributed by atoms with Crippen LogP contribution in [-0.4, -0.2) is 21.2 Å².